The molecule has 27 heavy (non-hydrogen) atoms. The molecule has 1 amide bonds. The van der Waals surface area contributed by atoms with Gasteiger partial charge in [-0.2, -0.15) is 0 Å². The largest absolute Gasteiger partial charge is 0.366 e. The van der Waals surface area contributed by atoms with Gasteiger partial charge in [0.05, 0.1) is 0 Å². The van der Waals surface area contributed by atoms with E-state index in [1.54, 1.807) is 11.0 Å². The lowest BCUT2D eigenvalue weighted by Gasteiger charge is -2.20. The highest BCUT2D eigenvalue weighted by Crippen LogP contribution is 2.13. The summed E-state index contributed by atoms with van der Waals surface area (Å²) in [5, 5.41) is 3.28. The van der Waals surface area contributed by atoms with Gasteiger partial charge < -0.3 is 10.2 Å². The molecular weight excluding hydrogens is 336 g/mol. The molecule has 138 valence electrons. The Morgan fingerprint density at radius 1 is 1.04 bits per heavy atom. The number of aromatic nitrogens is 2. The number of rotatable bonds is 7. The number of benzene rings is 2. The van der Waals surface area contributed by atoms with Crippen molar-refractivity contribution in [3.63, 3.8) is 0 Å². The van der Waals surface area contributed by atoms with Gasteiger partial charge in [-0.25, -0.2) is 9.97 Å². The molecule has 0 saturated heterocycles. The summed E-state index contributed by atoms with van der Waals surface area (Å²) in [4.78, 5) is 23.1. The van der Waals surface area contributed by atoms with Crippen molar-refractivity contribution in [1.29, 1.82) is 0 Å². The molecule has 5 heteroatoms. The zero-order valence-electron chi connectivity index (χ0n) is 15.7. The predicted octanol–water partition coefficient (Wildman–Crippen LogP) is 4.06. The molecule has 0 spiro atoms. The first-order chi connectivity index (χ1) is 13.2. The minimum absolute atomic E-state index is 0.0947. The van der Waals surface area contributed by atoms with Crippen molar-refractivity contribution >= 4 is 11.7 Å². The van der Waals surface area contributed by atoms with Gasteiger partial charge in [-0.05, 0) is 30.5 Å². The average molecular weight is 360 g/mol. The minimum atomic E-state index is -0.0947. The van der Waals surface area contributed by atoms with Crippen LogP contribution in [0.3, 0.4) is 0 Å². The molecule has 0 aliphatic rings. The van der Waals surface area contributed by atoms with Crippen LogP contribution >= 0.6 is 0 Å². The van der Waals surface area contributed by atoms with Crippen molar-refractivity contribution in [2.24, 2.45) is 0 Å². The number of hydrogen-bond acceptors (Lipinski definition) is 4. The highest BCUT2D eigenvalue weighted by atomic mass is 16.2. The van der Waals surface area contributed by atoms with Gasteiger partial charge in [0.15, 0.2) is 0 Å². The molecule has 0 saturated carbocycles. The molecule has 1 heterocycles. The monoisotopic (exact) mass is 360 g/mol. The Balaban J connectivity index is 1.70. The summed E-state index contributed by atoms with van der Waals surface area (Å²) in [6.07, 6.45) is 1.43. The van der Waals surface area contributed by atoms with Crippen LogP contribution in [0.5, 0.6) is 0 Å². The van der Waals surface area contributed by atoms with Crippen LogP contribution in [0, 0.1) is 6.92 Å². The van der Waals surface area contributed by atoms with E-state index in [1.807, 2.05) is 49.4 Å². The summed E-state index contributed by atoms with van der Waals surface area (Å²) >= 11 is 0. The van der Waals surface area contributed by atoms with Crippen molar-refractivity contribution in [3.8, 4) is 0 Å². The molecule has 0 atom stereocenters. The van der Waals surface area contributed by atoms with Gasteiger partial charge >= 0.3 is 0 Å². The number of nitrogens with one attached hydrogen (secondary N) is 1. The van der Waals surface area contributed by atoms with Crippen molar-refractivity contribution in [2.45, 2.75) is 26.9 Å². The Morgan fingerprint density at radius 3 is 2.52 bits per heavy atom. The molecule has 0 bridgehead atoms. The van der Waals surface area contributed by atoms with Gasteiger partial charge in [-0.1, -0.05) is 54.6 Å². The van der Waals surface area contributed by atoms with Gasteiger partial charge in [0.1, 0.15) is 17.8 Å². The minimum Gasteiger partial charge on any atom is -0.366 e. The summed E-state index contributed by atoms with van der Waals surface area (Å²) in [6.45, 7) is 5.88. The highest BCUT2D eigenvalue weighted by molar-refractivity contribution is 5.92. The summed E-state index contributed by atoms with van der Waals surface area (Å²) in [7, 11) is 0. The number of carbonyl (C=O) groups is 1. The Kier molecular flexibility index (Phi) is 6.15. The number of anilines is 1. The van der Waals surface area contributed by atoms with Crippen LogP contribution in [0.2, 0.25) is 0 Å². The van der Waals surface area contributed by atoms with E-state index in [1.165, 1.54) is 17.5 Å². The van der Waals surface area contributed by atoms with E-state index in [2.05, 4.69) is 34.3 Å². The van der Waals surface area contributed by atoms with Crippen molar-refractivity contribution in [1.82, 2.24) is 14.9 Å². The smallest absolute Gasteiger partial charge is 0.272 e. The van der Waals surface area contributed by atoms with Crippen LogP contribution in [-0.2, 0) is 13.1 Å². The SMILES string of the molecule is CCN(Cc1ccccc1)C(=O)c1cc(NCc2ccccc2C)ncn1. The molecule has 3 rings (SSSR count). The van der Waals surface area contributed by atoms with Gasteiger partial charge in [0.2, 0.25) is 0 Å². The van der Waals surface area contributed by atoms with E-state index in [9.17, 15) is 4.79 Å². The Labute approximate surface area is 160 Å². The van der Waals surface area contributed by atoms with Crippen molar-refractivity contribution < 1.29 is 4.79 Å². The number of amides is 1. The van der Waals surface area contributed by atoms with Crippen LogP contribution in [-0.4, -0.2) is 27.3 Å². The predicted molar refractivity (Wildman–Crippen MR) is 107 cm³/mol. The summed E-state index contributed by atoms with van der Waals surface area (Å²) in [6, 6.07) is 19.9. The Hall–Kier alpha value is -3.21. The fourth-order valence-corrected chi connectivity index (χ4v) is 2.86. The van der Waals surface area contributed by atoms with E-state index in [-0.39, 0.29) is 5.91 Å². The van der Waals surface area contributed by atoms with Crippen LogP contribution in [0.1, 0.15) is 34.1 Å². The molecule has 1 N–H and O–H groups in total. The first-order valence-electron chi connectivity index (χ1n) is 9.11. The average Bonchev–Trinajstić information content (AvgIpc) is 2.72. The molecule has 3 aromatic rings. The maximum absolute atomic E-state index is 12.9. The standard InChI is InChI=1S/C22H24N4O/c1-3-26(15-18-10-5-4-6-11-18)22(27)20-13-21(25-16-24-20)23-14-19-12-8-7-9-17(19)2/h4-13,16H,3,14-15H2,1-2H3,(H,23,24,25). The molecule has 0 aliphatic heterocycles. The molecule has 5 nitrogen and oxygen atoms in total. The van der Waals surface area contributed by atoms with E-state index >= 15 is 0 Å². The fourth-order valence-electron chi connectivity index (χ4n) is 2.86. The van der Waals surface area contributed by atoms with Crippen LogP contribution in [0.4, 0.5) is 5.82 Å². The van der Waals surface area contributed by atoms with Gasteiger partial charge in [0, 0.05) is 25.7 Å². The summed E-state index contributed by atoms with van der Waals surface area (Å²) < 4.78 is 0. The molecule has 0 radical (unpaired) electrons. The zero-order valence-corrected chi connectivity index (χ0v) is 15.7. The first-order valence-corrected chi connectivity index (χ1v) is 9.11. The third-order valence-electron chi connectivity index (χ3n) is 4.49. The number of aryl methyl sites for hydroxylation is 1. The third kappa shape index (κ3) is 4.91. The van der Waals surface area contributed by atoms with Crippen LogP contribution < -0.4 is 5.32 Å². The number of nitrogens with zero attached hydrogens (tertiary/aromatic N) is 3. The van der Waals surface area contributed by atoms with Crippen LogP contribution in [0.15, 0.2) is 67.0 Å². The summed E-state index contributed by atoms with van der Waals surface area (Å²) in [5.74, 6) is 0.551. The van der Waals surface area contributed by atoms with E-state index < -0.39 is 0 Å². The topological polar surface area (TPSA) is 58.1 Å². The Bertz CT molecular complexity index is 896. The maximum Gasteiger partial charge on any atom is 0.272 e. The Morgan fingerprint density at radius 2 is 1.78 bits per heavy atom. The first kappa shape index (κ1) is 18.6. The lowest BCUT2D eigenvalue weighted by molar-refractivity contribution is 0.0746. The normalized spacial score (nSPS) is 10.4. The highest BCUT2D eigenvalue weighted by Gasteiger charge is 2.16. The molecule has 0 unspecified atom stereocenters. The number of hydrogen-bond donors (Lipinski definition) is 1. The lowest BCUT2D eigenvalue weighted by atomic mass is 10.1. The number of carbonyl (C=O) groups excluding carboxylic acids is 1. The second-order valence-corrected chi connectivity index (χ2v) is 6.37. The van der Waals surface area contributed by atoms with E-state index in [0.717, 1.165) is 5.56 Å². The van der Waals surface area contributed by atoms with Crippen molar-refractivity contribution in [2.75, 3.05) is 11.9 Å². The lowest BCUT2D eigenvalue weighted by Crippen LogP contribution is -2.31. The van der Waals surface area contributed by atoms with E-state index in [0.29, 0.717) is 31.1 Å². The second kappa shape index (κ2) is 8.94. The molecular formula is C22H24N4O. The van der Waals surface area contributed by atoms with Crippen molar-refractivity contribution in [3.05, 3.63) is 89.4 Å². The summed E-state index contributed by atoms with van der Waals surface area (Å²) in [5.41, 5.74) is 3.91. The van der Waals surface area contributed by atoms with Gasteiger partial charge in [0.25, 0.3) is 5.91 Å². The molecule has 1 aromatic heterocycles. The zero-order chi connectivity index (χ0) is 19.1. The third-order valence-corrected chi connectivity index (χ3v) is 4.49. The van der Waals surface area contributed by atoms with Gasteiger partial charge in [-0.3, -0.25) is 4.79 Å². The molecule has 0 fully saturated rings. The van der Waals surface area contributed by atoms with Gasteiger partial charge in [-0.15, -0.1) is 0 Å². The van der Waals surface area contributed by atoms with E-state index in [4.69, 9.17) is 0 Å². The second-order valence-electron chi connectivity index (χ2n) is 6.37. The quantitative estimate of drug-likeness (QED) is 0.690. The fraction of sp³-hybridized carbons (Fsp3) is 0.227. The van der Waals surface area contributed by atoms with Crippen LogP contribution in [0.25, 0.3) is 0 Å². The molecule has 2 aromatic carbocycles. The maximum atomic E-state index is 12.9. The molecule has 0 aliphatic carbocycles.